The first kappa shape index (κ1) is 12.2. The maximum absolute atomic E-state index is 12.7. The van der Waals surface area contributed by atoms with E-state index in [4.69, 9.17) is 0 Å². The summed E-state index contributed by atoms with van der Waals surface area (Å²) in [7, 11) is 1.35. The monoisotopic (exact) mass is 323 g/mol. The van der Waals surface area contributed by atoms with Crippen LogP contribution in [0.4, 0.5) is 10.1 Å². The Morgan fingerprint density at radius 3 is 2.93 bits per heavy atom. The molecule has 0 saturated heterocycles. The molecule has 0 aliphatic carbocycles. The maximum Gasteiger partial charge on any atom is 0.307 e. The van der Waals surface area contributed by atoms with Gasteiger partial charge < -0.3 is 10.1 Å². The lowest BCUT2D eigenvalue weighted by Gasteiger charge is -2.07. The van der Waals surface area contributed by atoms with Gasteiger partial charge in [0.25, 0.3) is 0 Å². The van der Waals surface area contributed by atoms with Crippen LogP contribution in [-0.4, -0.2) is 19.6 Å². The van der Waals surface area contributed by atoms with Crippen molar-refractivity contribution in [2.75, 3.05) is 19.0 Å². The summed E-state index contributed by atoms with van der Waals surface area (Å²) in [4.78, 5) is 10.8. The first-order chi connectivity index (χ1) is 7.13. The zero-order valence-corrected chi connectivity index (χ0v) is 10.4. The summed E-state index contributed by atoms with van der Waals surface area (Å²) >= 11 is 2.03. The van der Waals surface area contributed by atoms with Gasteiger partial charge in [-0.3, -0.25) is 4.79 Å². The zero-order chi connectivity index (χ0) is 11.3. The van der Waals surface area contributed by atoms with Crippen molar-refractivity contribution in [3.8, 4) is 0 Å². The number of benzene rings is 1. The van der Waals surface area contributed by atoms with Crippen LogP contribution in [0.25, 0.3) is 0 Å². The number of hydrogen-bond acceptors (Lipinski definition) is 3. The summed E-state index contributed by atoms with van der Waals surface area (Å²) in [5, 5.41) is 3.03. The van der Waals surface area contributed by atoms with Gasteiger partial charge in [-0.2, -0.15) is 0 Å². The molecule has 1 rings (SSSR count). The smallest absolute Gasteiger partial charge is 0.307 e. The summed E-state index contributed by atoms with van der Waals surface area (Å²) in [5.74, 6) is -0.530. The van der Waals surface area contributed by atoms with Crippen molar-refractivity contribution in [2.45, 2.75) is 6.42 Å². The van der Waals surface area contributed by atoms with Gasteiger partial charge in [-0.05, 0) is 40.8 Å². The molecule has 1 aromatic carbocycles. The molecule has 0 spiro atoms. The molecule has 0 amide bonds. The number of anilines is 1. The molecular formula is C10H11FINO2. The van der Waals surface area contributed by atoms with Crippen molar-refractivity contribution in [3.63, 3.8) is 0 Å². The van der Waals surface area contributed by atoms with E-state index in [1.165, 1.54) is 19.2 Å². The van der Waals surface area contributed by atoms with E-state index >= 15 is 0 Å². The Kier molecular flexibility index (Phi) is 4.80. The van der Waals surface area contributed by atoms with Gasteiger partial charge in [-0.15, -0.1) is 0 Å². The number of ether oxygens (including phenoxy) is 1. The number of rotatable bonds is 4. The Morgan fingerprint density at radius 1 is 1.60 bits per heavy atom. The Morgan fingerprint density at radius 2 is 2.33 bits per heavy atom. The van der Waals surface area contributed by atoms with Crippen LogP contribution in [0.15, 0.2) is 18.2 Å². The predicted molar refractivity (Wildman–Crippen MR) is 64.2 cm³/mol. The van der Waals surface area contributed by atoms with Crippen molar-refractivity contribution < 1.29 is 13.9 Å². The summed E-state index contributed by atoms with van der Waals surface area (Å²) in [5.41, 5.74) is 0.820. The van der Waals surface area contributed by atoms with Gasteiger partial charge in [-0.25, -0.2) is 4.39 Å². The molecule has 0 heterocycles. The molecule has 0 saturated carbocycles. The molecule has 1 aromatic rings. The fourth-order valence-electron chi connectivity index (χ4n) is 1.03. The number of methoxy groups -OCH3 is 1. The molecule has 82 valence electrons. The van der Waals surface area contributed by atoms with Crippen molar-refractivity contribution in [3.05, 3.63) is 27.6 Å². The fourth-order valence-corrected chi connectivity index (χ4v) is 1.70. The van der Waals surface area contributed by atoms with Gasteiger partial charge in [0.15, 0.2) is 0 Å². The van der Waals surface area contributed by atoms with E-state index < -0.39 is 0 Å². The Labute approximate surface area is 101 Å². The molecule has 0 bridgehead atoms. The van der Waals surface area contributed by atoms with Crippen molar-refractivity contribution in [1.29, 1.82) is 0 Å². The molecule has 0 aliphatic rings. The third-order valence-electron chi connectivity index (χ3n) is 1.80. The van der Waals surface area contributed by atoms with Gasteiger partial charge in [0.05, 0.1) is 13.5 Å². The third kappa shape index (κ3) is 4.03. The van der Waals surface area contributed by atoms with Gasteiger partial charge in [0.1, 0.15) is 5.82 Å². The highest BCUT2D eigenvalue weighted by atomic mass is 127. The molecule has 0 aliphatic heterocycles. The summed E-state index contributed by atoms with van der Waals surface area (Å²) < 4.78 is 18.0. The molecule has 0 atom stereocenters. The zero-order valence-electron chi connectivity index (χ0n) is 8.22. The second-order valence-corrected chi connectivity index (χ2v) is 4.04. The van der Waals surface area contributed by atoms with E-state index in [0.29, 0.717) is 13.0 Å². The number of carbonyl (C=O) groups is 1. The van der Waals surface area contributed by atoms with Crippen molar-refractivity contribution in [1.82, 2.24) is 0 Å². The summed E-state index contributed by atoms with van der Waals surface area (Å²) in [6.45, 7) is 0.480. The lowest BCUT2D eigenvalue weighted by Crippen LogP contribution is -2.10. The van der Waals surface area contributed by atoms with E-state index in [9.17, 15) is 9.18 Å². The first-order valence-electron chi connectivity index (χ1n) is 4.39. The Hall–Kier alpha value is -0.850. The Bertz CT molecular complexity index is 357. The normalized spacial score (nSPS) is 9.80. The van der Waals surface area contributed by atoms with E-state index in [2.05, 4.69) is 10.1 Å². The standard InChI is InChI=1S/C10H11FINO2/c1-15-10(14)4-5-13-9-3-2-7(11)6-8(9)12/h2-3,6,13H,4-5H2,1H3. The van der Waals surface area contributed by atoms with E-state index in [1.54, 1.807) is 6.07 Å². The average Bonchev–Trinajstić information content (AvgIpc) is 2.21. The molecule has 0 fully saturated rings. The average molecular weight is 323 g/mol. The van der Waals surface area contributed by atoms with E-state index in [0.717, 1.165) is 9.26 Å². The van der Waals surface area contributed by atoms with Crippen LogP contribution in [-0.2, 0) is 9.53 Å². The molecular weight excluding hydrogens is 312 g/mol. The largest absolute Gasteiger partial charge is 0.469 e. The minimum Gasteiger partial charge on any atom is -0.469 e. The van der Waals surface area contributed by atoms with Crippen molar-refractivity contribution >= 4 is 34.2 Å². The van der Waals surface area contributed by atoms with Crippen LogP contribution in [0.2, 0.25) is 0 Å². The number of hydrogen-bond donors (Lipinski definition) is 1. The quantitative estimate of drug-likeness (QED) is 0.683. The van der Waals surface area contributed by atoms with Gasteiger partial charge in [0, 0.05) is 15.8 Å². The molecule has 5 heteroatoms. The lowest BCUT2D eigenvalue weighted by molar-refractivity contribution is -0.140. The van der Waals surface area contributed by atoms with E-state index in [-0.39, 0.29) is 11.8 Å². The molecule has 0 aromatic heterocycles. The molecule has 1 N–H and O–H groups in total. The highest BCUT2D eigenvalue weighted by Gasteiger charge is 2.02. The van der Waals surface area contributed by atoms with Crippen LogP contribution in [0.5, 0.6) is 0 Å². The van der Waals surface area contributed by atoms with Crippen molar-refractivity contribution in [2.24, 2.45) is 0 Å². The predicted octanol–water partition coefficient (Wildman–Crippen LogP) is 2.41. The van der Waals surface area contributed by atoms with Crippen LogP contribution in [0.3, 0.4) is 0 Å². The number of halogens is 2. The second-order valence-electron chi connectivity index (χ2n) is 2.88. The second kappa shape index (κ2) is 5.89. The summed E-state index contributed by atoms with van der Waals surface area (Å²) in [6, 6.07) is 4.46. The maximum atomic E-state index is 12.7. The molecule has 0 unspecified atom stereocenters. The highest BCUT2D eigenvalue weighted by Crippen LogP contribution is 2.18. The third-order valence-corrected chi connectivity index (χ3v) is 2.70. The summed E-state index contributed by atoms with van der Waals surface area (Å²) in [6.07, 6.45) is 0.296. The minimum atomic E-state index is -0.266. The molecule has 3 nitrogen and oxygen atoms in total. The van der Waals surface area contributed by atoms with E-state index in [1.807, 2.05) is 22.6 Å². The van der Waals surface area contributed by atoms with Gasteiger partial charge >= 0.3 is 5.97 Å². The van der Waals surface area contributed by atoms with Crippen LogP contribution >= 0.6 is 22.6 Å². The molecule has 15 heavy (non-hydrogen) atoms. The topological polar surface area (TPSA) is 38.3 Å². The van der Waals surface area contributed by atoms with Crippen LogP contribution < -0.4 is 5.32 Å². The SMILES string of the molecule is COC(=O)CCNc1ccc(F)cc1I. The van der Waals surface area contributed by atoms with Crippen LogP contribution in [0, 0.1) is 9.39 Å². The van der Waals surface area contributed by atoms with Gasteiger partial charge in [0.2, 0.25) is 0 Å². The molecule has 0 radical (unpaired) electrons. The van der Waals surface area contributed by atoms with Gasteiger partial charge in [-0.1, -0.05) is 0 Å². The lowest BCUT2D eigenvalue weighted by atomic mass is 10.3. The first-order valence-corrected chi connectivity index (χ1v) is 5.47. The van der Waals surface area contributed by atoms with Crippen LogP contribution in [0.1, 0.15) is 6.42 Å². The highest BCUT2D eigenvalue weighted by molar-refractivity contribution is 14.1. The fraction of sp³-hybridized carbons (Fsp3) is 0.300. The Balaban J connectivity index is 2.47. The number of carbonyl (C=O) groups excluding carboxylic acids is 1. The minimum absolute atomic E-state index is 0.264. The number of nitrogens with one attached hydrogen (secondary N) is 1. The number of esters is 1.